The standard InChI is InChI=1S/C17H19NO/c1-3-17(15-9-11-16(19-2)12-10-15)18-13-14-7-5-4-6-8-14/h4-13,17H,3H2,1-2H3/t17-/m0/s1. The first-order valence-corrected chi connectivity index (χ1v) is 6.55. The van der Waals surface area contributed by atoms with Gasteiger partial charge in [-0.3, -0.25) is 4.99 Å². The van der Waals surface area contributed by atoms with Crippen LogP contribution in [0.15, 0.2) is 59.6 Å². The normalized spacial score (nSPS) is 12.5. The van der Waals surface area contributed by atoms with Crippen molar-refractivity contribution in [1.82, 2.24) is 0 Å². The average Bonchev–Trinajstić information content (AvgIpc) is 2.49. The van der Waals surface area contributed by atoms with Crippen LogP contribution in [-0.2, 0) is 0 Å². The predicted octanol–water partition coefficient (Wildman–Crippen LogP) is 4.27. The Morgan fingerprint density at radius 3 is 2.32 bits per heavy atom. The quantitative estimate of drug-likeness (QED) is 0.729. The third-order valence-corrected chi connectivity index (χ3v) is 3.09. The van der Waals surface area contributed by atoms with E-state index < -0.39 is 0 Å². The number of ether oxygens (including phenoxy) is 1. The molecule has 0 amide bonds. The van der Waals surface area contributed by atoms with Gasteiger partial charge in [0.2, 0.25) is 0 Å². The highest BCUT2D eigenvalue weighted by atomic mass is 16.5. The Balaban J connectivity index is 2.13. The molecule has 0 aliphatic carbocycles. The number of benzene rings is 2. The predicted molar refractivity (Wildman–Crippen MR) is 80.1 cm³/mol. The lowest BCUT2D eigenvalue weighted by Gasteiger charge is -2.10. The first-order chi connectivity index (χ1) is 9.33. The van der Waals surface area contributed by atoms with Crippen LogP contribution in [0.2, 0.25) is 0 Å². The number of hydrogen-bond donors (Lipinski definition) is 0. The first kappa shape index (κ1) is 13.3. The van der Waals surface area contributed by atoms with E-state index in [0.29, 0.717) is 0 Å². The van der Waals surface area contributed by atoms with Gasteiger partial charge in [0.25, 0.3) is 0 Å². The van der Waals surface area contributed by atoms with Crippen LogP contribution in [-0.4, -0.2) is 13.3 Å². The van der Waals surface area contributed by atoms with Crippen molar-refractivity contribution in [3.8, 4) is 5.75 Å². The summed E-state index contributed by atoms with van der Waals surface area (Å²) in [6.07, 6.45) is 2.92. The molecule has 19 heavy (non-hydrogen) atoms. The Morgan fingerprint density at radius 1 is 1.05 bits per heavy atom. The number of methoxy groups -OCH3 is 1. The molecular weight excluding hydrogens is 234 g/mol. The maximum absolute atomic E-state index is 5.17. The molecule has 0 bridgehead atoms. The summed E-state index contributed by atoms with van der Waals surface area (Å²) < 4.78 is 5.17. The van der Waals surface area contributed by atoms with Crippen LogP contribution < -0.4 is 4.74 Å². The minimum atomic E-state index is 0.200. The van der Waals surface area contributed by atoms with Crippen molar-refractivity contribution in [2.75, 3.05) is 7.11 Å². The molecule has 0 fully saturated rings. The highest BCUT2D eigenvalue weighted by Gasteiger charge is 2.06. The van der Waals surface area contributed by atoms with Crippen LogP contribution in [0.3, 0.4) is 0 Å². The summed E-state index contributed by atoms with van der Waals surface area (Å²) in [5.74, 6) is 0.880. The number of nitrogens with zero attached hydrogens (tertiary/aromatic N) is 1. The van der Waals surface area contributed by atoms with Gasteiger partial charge in [-0.15, -0.1) is 0 Å². The van der Waals surface area contributed by atoms with Gasteiger partial charge in [-0.2, -0.15) is 0 Å². The third kappa shape index (κ3) is 3.68. The molecule has 0 unspecified atom stereocenters. The van der Waals surface area contributed by atoms with Gasteiger partial charge in [0.05, 0.1) is 13.2 Å². The fourth-order valence-corrected chi connectivity index (χ4v) is 1.97. The molecular formula is C17H19NO. The second-order valence-corrected chi connectivity index (χ2v) is 4.39. The van der Waals surface area contributed by atoms with Crippen molar-refractivity contribution in [2.24, 2.45) is 4.99 Å². The van der Waals surface area contributed by atoms with Crippen molar-refractivity contribution >= 4 is 6.21 Å². The first-order valence-electron chi connectivity index (χ1n) is 6.55. The number of aliphatic imine (C=N–C) groups is 1. The molecule has 98 valence electrons. The molecule has 0 saturated carbocycles. The molecule has 1 atom stereocenters. The van der Waals surface area contributed by atoms with Crippen LogP contribution in [0.5, 0.6) is 5.75 Å². The molecule has 2 rings (SSSR count). The summed E-state index contributed by atoms with van der Waals surface area (Å²) in [5.41, 5.74) is 2.35. The maximum Gasteiger partial charge on any atom is 0.118 e. The van der Waals surface area contributed by atoms with E-state index in [1.54, 1.807) is 7.11 Å². The van der Waals surface area contributed by atoms with E-state index in [1.165, 1.54) is 5.56 Å². The van der Waals surface area contributed by atoms with E-state index in [2.05, 4.69) is 36.2 Å². The summed E-state index contributed by atoms with van der Waals surface area (Å²) >= 11 is 0. The highest BCUT2D eigenvalue weighted by molar-refractivity contribution is 5.79. The molecule has 2 aromatic carbocycles. The van der Waals surface area contributed by atoms with Gasteiger partial charge in [-0.05, 0) is 29.7 Å². The summed E-state index contributed by atoms with van der Waals surface area (Å²) in [6, 6.07) is 18.5. The second kappa shape index (κ2) is 6.74. The fraction of sp³-hybridized carbons (Fsp3) is 0.235. The Bertz CT molecular complexity index is 517. The van der Waals surface area contributed by atoms with Crippen LogP contribution in [0.4, 0.5) is 0 Å². The van der Waals surface area contributed by atoms with E-state index >= 15 is 0 Å². The summed E-state index contributed by atoms with van der Waals surface area (Å²) in [7, 11) is 1.68. The molecule has 0 aliphatic heterocycles. The minimum Gasteiger partial charge on any atom is -0.497 e. The molecule has 2 nitrogen and oxygen atoms in total. The fourth-order valence-electron chi connectivity index (χ4n) is 1.97. The molecule has 0 radical (unpaired) electrons. The SMILES string of the molecule is CC[C@H](N=Cc1ccccc1)c1ccc(OC)cc1. The van der Waals surface area contributed by atoms with Gasteiger partial charge in [-0.25, -0.2) is 0 Å². The van der Waals surface area contributed by atoms with Gasteiger partial charge in [0.15, 0.2) is 0 Å². The van der Waals surface area contributed by atoms with Crippen molar-refractivity contribution in [3.63, 3.8) is 0 Å². The lowest BCUT2D eigenvalue weighted by atomic mass is 10.1. The zero-order valence-electron chi connectivity index (χ0n) is 11.4. The smallest absolute Gasteiger partial charge is 0.118 e. The summed E-state index contributed by atoms with van der Waals surface area (Å²) in [5, 5.41) is 0. The third-order valence-electron chi connectivity index (χ3n) is 3.09. The van der Waals surface area contributed by atoms with Crippen molar-refractivity contribution < 1.29 is 4.74 Å². The van der Waals surface area contributed by atoms with Gasteiger partial charge >= 0.3 is 0 Å². The van der Waals surface area contributed by atoms with E-state index in [1.807, 2.05) is 36.5 Å². The zero-order valence-corrected chi connectivity index (χ0v) is 11.4. The minimum absolute atomic E-state index is 0.200. The summed E-state index contributed by atoms with van der Waals surface area (Å²) in [4.78, 5) is 4.67. The molecule has 0 aliphatic rings. The monoisotopic (exact) mass is 253 g/mol. The lowest BCUT2D eigenvalue weighted by molar-refractivity contribution is 0.414. The van der Waals surface area contributed by atoms with E-state index in [0.717, 1.165) is 17.7 Å². The van der Waals surface area contributed by atoms with Crippen LogP contribution in [0.1, 0.15) is 30.5 Å². The molecule has 0 aromatic heterocycles. The largest absolute Gasteiger partial charge is 0.497 e. The van der Waals surface area contributed by atoms with Crippen molar-refractivity contribution in [3.05, 3.63) is 65.7 Å². The van der Waals surface area contributed by atoms with Crippen LogP contribution in [0.25, 0.3) is 0 Å². The molecule has 2 aromatic rings. The average molecular weight is 253 g/mol. The second-order valence-electron chi connectivity index (χ2n) is 4.39. The van der Waals surface area contributed by atoms with E-state index in [-0.39, 0.29) is 6.04 Å². The van der Waals surface area contributed by atoms with Crippen molar-refractivity contribution in [2.45, 2.75) is 19.4 Å². The highest BCUT2D eigenvalue weighted by Crippen LogP contribution is 2.23. The number of hydrogen-bond acceptors (Lipinski definition) is 2. The zero-order chi connectivity index (χ0) is 13.5. The van der Waals surface area contributed by atoms with Gasteiger partial charge in [0, 0.05) is 6.21 Å². The Morgan fingerprint density at radius 2 is 1.74 bits per heavy atom. The van der Waals surface area contributed by atoms with Gasteiger partial charge in [0.1, 0.15) is 5.75 Å². The molecule has 0 saturated heterocycles. The van der Waals surface area contributed by atoms with Gasteiger partial charge in [-0.1, -0.05) is 49.4 Å². The maximum atomic E-state index is 5.17. The van der Waals surface area contributed by atoms with E-state index in [9.17, 15) is 0 Å². The van der Waals surface area contributed by atoms with Crippen molar-refractivity contribution in [1.29, 1.82) is 0 Å². The Hall–Kier alpha value is -2.09. The molecule has 0 heterocycles. The van der Waals surface area contributed by atoms with Gasteiger partial charge < -0.3 is 4.74 Å². The lowest BCUT2D eigenvalue weighted by Crippen LogP contribution is -1.95. The Labute approximate surface area is 114 Å². The molecule has 0 spiro atoms. The summed E-state index contributed by atoms with van der Waals surface area (Å²) in [6.45, 7) is 2.15. The number of rotatable bonds is 5. The Kier molecular flexibility index (Phi) is 4.73. The molecule has 0 N–H and O–H groups in total. The topological polar surface area (TPSA) is 21.6 Å². The van der Waals surface area contributed by atoms with Crippen LogP contribution in [0, 0.1) is 0 Å². The molecule has 2 heteroatoms. The van der Waals surface area contributed by atoms with E-state index in [4.69, 9.17) is 4.74 Å². The van der Waals surface area contributed by atoms with Crippen LogP contribution >= 0.6 is 0 Å².